The number of hydrogen-bond donors (Lipinski definition) is 0. The monoisotopic (exact) mass is 452 g/mol. The molecule has 2 aromatic rings. The second-order valence-corrected chi connectivity index (χ2v) is 9.26. The molecule has 0 N–H and O–H groups in total. The van der Waals surface area contributed by atoms with Gasteiger partial charge in [0, 0.05) is 47.4 Å². The minimum Gasteiger partial charge on any atom is -0.302 e. The first-order chi connectivity index (χ1) is 14.9. The van der Waals surface area contributed by atoms with Crippen molar-refractivity contribution in [2.24, 2.45) is 0 Å². The van der Waals surface area contributed by atoms with Crippen LogP contribution in [0, 0.1) is 0 Å². The molecular weight excluding hydrogens is 427 g/mol. The molecule has 2 fully saturated rings. The molecule has 2 aliphatic rings. The molecule has 31 heavy (non-hydrogen) atoms. The lowest BCUT2D eigenvalue weighted by molar-refractivity contribution is -0.113. The van der Waals surface area contributed by atoms with E-state index in [4.69, 9.17) is 23.2 Å². The number of Topliss-reactive ketones (excluding diaryl/α,β-unsaturated/α-hetero) is 1. The number of carbonyl (C=O) groups is 1. The molecule has 0 aliphatic carbocycles. The van der Waals surface area contributed by atoms with Gasteiger partial charge >= 0.3 is 0 Å². The Morgan fingerprint density at radius 1 is 0.710 bits per heavy atom. The van der Waals surface area contributed by atoms with E-state index in [2.05, 4.69) is 30.0 Å². The zero-order valence-corrected chi connectivity index (χ0v) is 19.4. The number of likely N-dealkylation sites (N-methyl/N-ethyl adjacent to an activating group) is 2. The molecule has 0 aromatic heterocycles. The minimum atomic E-state index is 0.162. The van der Waals surface area contributed by atoms with Crippen molar-refractivity contribution < 1.29 is 4.79 Å². The van der Waals surface area contributed by atoms with E-state index in [1.54, 1.807) is 0 Å². The number of carbonyl (C=O) groups excluding carboxylic acids is 1. The van der Waals surface area contributed by atoms with Crippen molar-refractivity contribution in [3.63, 3.8) is 0 Å². The van der Waals surface area contributed by atoms with Crippen LogP contribution in [0.2, 0.25) is 10.0 Å². The molecule has 0 unspecified atom stereocenters. The van der Waals surface area contributed by atoms with E-state index in [0.717, 1.165) is 46.8 Å². The minimum absolute atomic E-state index is 0.162. The Bertz CT molecular complexity index is 1070. The number of halogens is 2. The third-order valence-corrected chi connectivity index (χ3v) is 6.30. The van der Waals surface area contributed by atoms with Crippen molar-refractivity contribution in [1.82, 2.24) is 9.80 Å². The van der Waals surface area contributed by atoms with Crippen molar-refractivity contribution in [3.05, 3.63) is 92.0 Å². The maximum absolute atomic E-state index is 13.5. The lowest BCUT2D eigenvalue weighted by atomic mass is 9.85. The number of hydrogen-bond acceptors (Lipinski definition) is 3. The van der Waals surface area contributed by atoms with E-state index < -0.39 is 0 Å². The zero-order chi connectivity index (χ0) is 22.0. The van der Waals surface area contributed by atoms with Crippen LogP contribution in [0.25, 0.3) is 12.2 Å². The zero-order valence-electron chi connectivity index (χ0n) is 17.9. The number of benzene rings is 2. The van der Waals surface area contributed by atoms with Crippen molar-refractivity contribution >= 4 is 41.1 Å². The highest BCUT2D eigenvalue weighted by molar-refractivity contribution is 6.30. The summed E-state index contributed by atoms with van der Waals surface area (Å²) in [6.45, 7) is 3.10. The highest BCUT2D eigenvalue weighted by Crippen LogP contribution is 2.31. The Labute approximate surface area is 194 Å². The maximum Gasteiger partial charge on any atom is 0.187 e. The van der Waals surface area contributed by atoms with Gasteiger partial charge in [0.2, 0.25) is 0 Å². The van der Waals surface area contributed by atoms with Crippen molar-refractivity contribution in [2.75, 3.05) is 40.3 Å². The Morgan fingerprint density at radius 2 is 1.23 bits per heavy atom. The molecule has 0 spiro atoms. The fourth-order valence-electron chi connectivity index (χ4n) is 4.22. The number of nitrogens with zero attached hydrogens (tertiary/aromatic N) is 2. The molecule has 160 valence electrons. The molecule has 2 aromatic carbocycles. The second kappa shape index (κ2) is 9.54. The van der Waals surface area contributed by atoms with Gasteiger partial charge in [-0.15, -0.1) is 0 Å². The standard InChI is InChI=1S/C26H26Cl2N2O/c1-29-12-11-24(20(15-29)13-18-3-7-22(27)8-4-18)25-17-30(2)16-21(26(25)31)14-19-5-9-23(28)10-6-19/h3-10,13-14H,11-12,15-17H2,1-2H3/b20-13+,21-14-,25-24+. The normalized spacial score (nSPS) is 23.7. The van der Waals surface area contributed by atoms with E-state index in [9.17, 15) is 4.79 Å². The first-order valence-corrected chi connectivity index (χ1v) is 11.2. The molecule has 5 heteroatoms. The molecule has 0 saturated carbocycles. The van der Waals surface area contributed by atoms with Gasteiger partial charge < -0.3 is 4.90 Å². The van der Waals surface area contributed by atoms with Crippen LogP contribution >= 0.6 is 23.2 Å². The molecule has 0 amide bonds. The van der Waals surface area contributed by atoms with Gasteiger partial charge in [-0.3, -0.25) is 9.69 Å². The highest BCUT2D eigenvalue weighted by Gasteiger charge is 2.29. The van der Waals surface area contributed by atoms with E-state index >= 15 is 0 Å². The van der Waals surface area contributed by atoms with Gasteiger partial charge in [-0.1, -0.05) is 53.5 Å². The van der Waals surface area contributed by atoms with Gasteiger partial charge in [-0.25, -0.2) is 0 Å². The first kappa shape index (κ1) is 22.0. The molecule has 3 nitrogen and oxygen atoms in total. The van der Waals surface area contributed by atoms with Crippen LogP contribution in [0.15, 0.2) is 70.8 Å². The number of rotatable bonds is 2. The molecule has 0 bridgehead atoms. The molecular formula is C26H26Cl2N2O. The quantitative estimate of drug-likeness (QED) is 0.553. The van der Waals surface area contributed by atoms with E-state index in [0.29, 0.717) is 18.1 Å². The summed E-state index contributed by atoms with van der Waals surface area (Å²) < 4.78 is 0. The SMILES string of the molecule is CN1CCC(=C2/CN(C)C/C(=C/c3ccc(Cl)cc3)C2=O)/C(=C/c2ccc(Cl)cc2)C1. The van der Waals surface area contributed by atoms with Crippen LogP contribution in [0.3, 0.4) is 0 Å². The number of ketones is 1. The van der Waals surface area contributed by atoms with Crippen LogP contribution in [0.4, 0.5) is 0 Å². The summed E-state index contributed by atoms with van der Waals surface area (Å²) in [6.07, 6.45) is 5.06. The average molecular weight is 453 g/mol. The fourth-order valence-corrected chi connectivity index (χ4v) is 4.48. The van der Waals surface area contributed by atoms with E-state index in [1.165, 1.54) is 11.1 Å². The fraction of sp³-hybridized carbons (Fsp3) is 0.269. The van der Waals surface area contributed by atoms with Crippen LogP contribution in [0.5, 0.6) is 0 Å². The second-order valence-electron chi connectivity index (χ2n) is 8.39. The van der Waals surface area contributed by atoms with Crippen molar-refractivity contribution in [3.8, 4) is 0 Å². The Balaban J connectivity index is 1.73. The van der Waals surface area contributed by atoms with Crippen LogP contribution in [-0.4, -0.2) is 55.9 Å². The largest absolute Gasteiger partial charge is 0.302 e. The third kappa shape index (κ3) is 5.36. The number of piperidine rings is 2. The Kier molecular flexibility index (Phi) is 6.78. The average Bonchev–Trinajstić information content (AvgIpc) is 2.74. The summed E-state index contributed by atoms with van der Waals surface area (Å²) in [6, 6.07) is 15.5. The Hall–Kier alpha value is -2.17. The topological polar surface area (TPSA) is 23.6 Å². The summed E-state index contributed by atoms with van der Waals surface area (Å²) in [4.78, 5) is 18.0. The predicted molar refractivity (Wildman–Crippen MR) is 131 cm³/mol. The lowest BCUT2D eigenvalue weighted by Gasteiger charge is -2.33. The summed E-state index contributed by atoms with van der Waals surface area (Å²) in [5.41, 5.74) is 6.23. The molecule has 4 rings (SSSR count). The summed E-state index contributed by atoms with van der Waals surface area (Å²) in [5.74, 6) is 0.162. The molecule has 0 radical (unpaired) electrons. The lowest BCUT2D eigenvalue weighted by Crippen LogP contribution is -2.37. The van der Waals surface area contributed by atoms with Gasteiger partial charge in [0.15, 0.2) is 5.78 Å². The molecule has 2 saturated heterocycles. The van der Waals surface area contributed by atoms with Crippen LogP contribution in [0.1, 0.15) is 17.5 Å². The predicted octanol–water partition coefficient (Wildman–Crippen LogP) is 5.61. The van der Waals surface area contributed by atoms with Crippen molar-refractivity contribution in [1.29, 1.82) is 0 Å². The van der Waals surface area contributed by atoms with Gasteiger partial charge in [0.25, 0.3) is 0 Å². The number of likely N-dealkylation sites (tertiary alicyclic amines) is 2. The maximum atomic E-state index is 13.5. The summed E-state index contributed by atoms with van der Waals surface area (Å²) in [5, 5.41) is 1.42. The van der Waals surface area contributed by atoms with Gasteiger partial charge in [-0.2, -0.15) is 0 Å². The third-order valence-electron chi connectivity index (χ3n) is 5.79. The smallest absolute Gasteiger partial charge is 0.187 e. The summed E-state index contributed by atoms with van der Waals surface area (Å²) in [7, 11) is 4.19. The van der Waals surface area contributed by atoms with Gasteiger partial charge in [0.05, 0.1) is 0 Å². The molecule has 2 aliphatic heterocycles. The van der Waals surface area contributed by atoms with Crippen LogP contribution < -0.4 is 0 Å². The Morgan fingerprint density at radius 3 is 1.81 bits per heavy atom. The molecule has 2 heterocycles. The molecule has 0 atom stereocenters. The first-order valence-electron chi connectivity index (χ1n) is 10.5. The van der Waals surface area contributed by atoms with Gasteiger partial charge in [-0.05, 0) is 73.1 Å². The highest BCUT2D eigenvalue weighted by atomic mass is 35.5. The summed E-state index contributed by atoms with van der Waals surface area (Å²) >= 11 is 12.1. The van der Waals surface area contributed by atoms with E-state index in [-0.39, 0.29) is 5.78 Å². The van der Waals surface area contributed by atoms with E-state index in [1.807, 2.05) is 54.6 Å². The van der Waals surface area contributed by atoms with Crippen LogP contribution in [-0.2, 0) is 4.79 Å². The van der Waals surface area contributed by atoms with Gasteiger partial charge in [0.1, 0.15) is 0 Å². The van der Waals surface area contributed by atoms with Crippen molar-refractivity contribution in [2.45, 2.75) is 6.42 Å².